The third-order valence-electron chi connectivity index (χ3n) is 4.73. The van der Waals surface area contributed by atoms with Crippen molar-refractivity contribution in [3.63, 3.8) is 0 Å². The third kappa shape index (κ3) is 5.09. The second-order valence-corrected chi connectivity index (χ2v) is 7.88. The Morgan fingerprint density at radius 2 is 1.85 bits per heavy atom. The molecule has 0 aliphatic heterocycles. The van der Waals surface area contributed by atoms with Crippen molar-refractivity contribution in [3.8, 4) is 27.9 Å². The molecule has 168 valence electrons. The van der Waals surface area contributed by atoms with Crippen LogP contribution in [-0.2, 0) is 4.79 Å². The van der Waals surface area contributed by atoms with Crippen molar-refractivity contribution in [2.24, 2.45) is 0 Å². The Balaban J connectivity index is 1.52. The van der Waals surface area contributed by atoms with Crippen LogP contribution in [0.25, 0.3) is 22.5 Å². The summed E-state index contributed by atoms with van der Waals surface area (Å²) in [7, 11) is 3.12. The summed E-state index contributed by atoms with van der Waals surface area (Å²) < 4.78 is 25.3. The van der Waals surface area contributed by atoms with Crippen molar-refractivity contribution in [1.82, 2.24) is 14.8 Å². The Morgan fingerprint density at radius 3 is 2.58 bits per heavy atom. The summed E-state index contributed by atoms with van der Waals surface area (Å²) in [5.74, 6) is 1.06. The van der Waals surface area contributed by atoms with Gasteiger partial charge in [-0.2, -0.15) is 9.78 Å². The maximum Gasteiger partial charge on any atom is 0.249 e. The Morgan fingerprint density at radius 1 is 1.09 bits per heavy atom. The van der Waals surface area contributed by atoms with Crippen LogP contribution in [0.3, 0.4) is 0 Å². The number of aromatic nitrogens is 3. The van der Waals surface area contributed by atoms with Crippen molar-refractivity contribution >= 4 is 29.1 Å². The number of carbonyl (C=O) groups excluding carboxylic acids is 1. The van der Waals surface area contributed by atoms with E-state index in [0.29, 0.717) is 28.1 Å². The second kappa shape index (κ2) is 9.66. The third-order valence-corrected chi connectivity index (χ3v) is 5.55. The molecule has 9 heteroatoms. The van der Waals surface area contributed by atoms with E-state index in [4.69, 9.17) is 9.47 Å². The largest absolute Gasteiger partial charge is 0.493 e. The molecule has 7 nitrogen and oxygen atoms in total. The Labute approximate surface area is 194 Å². The van der Waals surface area contributed by atoms with Gasteiger partial charge in [0.1, 0.15) is 11.6 Å². The number of hydrogen-bond acceptors (Lipinski definition) is 6. The first-order valence-corrected chi connectivity index (χ1v) is 10.8. The first-order chi connectivity index (χ1) is 16.0. The molecular formula is C24H21FN4O3S. The second-order valence-electron chi connectivity index (χ2n) is 7.04. The molecule has 1 amide bonds. The fraction of sp³-hybridized carbons (Fsp3) is 0.125. The molecule has 0 atom stereocenters. The molecule has 0 saturated heterocycles. The standard InChI is InChI=1S/C24H21FN4O3S/c1-15-12-22(27-23(30)11-5-16-4-10-20(31-2)21(13-16)32-3)29(28-15)24-26-19(14-33-24)17-6-8-18(25)9-7-17/h4-14H,1-3H3,(H,27,30)/b11-5+. The molecule has 0 radical (unpaired) electrons. The van der Waals surface area contributed by atoms with Gasteiger partial charge in [-0.05, 0) is 55.0 Å². The molecule has 2 heterocycles. The highest BCUT2D eigenvalue weighted by atomic mass is 32.1. The predicted molar refractivity (Wildman–Crippen MR) is 127 cm³/mol. The van der Waals surface area contributed by atoms with Crippen molar-refractivity contribution in [2.75, 3.05) is 19.5 Å². The predicted octanol–water partition coefficient (Wildman–Crippen LogP) is 5.11. The minimum atomic E-state index is -0.318. The summed E-state index contributed by atoms with van der Waals surface area (Å²) in [5.41, 5.74) is 3.02. The lowest BCUT2D eigenvalue weighted by atomic mass is 10.2. The lowest BCUT2D eigenvalue weighted by molar-refractivity contribution is -0.111. The molecular weight excluding hydrogens is 443 g/mol. The van der Waals surface area contributed by atoms with Gasteiger partial charge in [-0.3, -0.25) is 4.79 Å². The van der Waals surface area contributed by atoms with Crippen LogP contribution < -0.4 is 14.8 Å². The lowest BCUT2D eigenvalue weighted by Crippen LogP contribution is -2.12. The van der Waals surface area contributed by atoms with Crippen LogP contribution in [0.2, 0.25) is 0 Å². The summed E-state index contributed by atoms with van der Waals surface area (Å²) >= 11 is 1.37. The van der Waals surface area contributed by atoms with Gasteiger partial charge >= 0.3 is 0 Å². The van der Waals surface area contributed by atoms with E-state index in [2.05, 4.69) is 15.4 Å². The molecule has 0 aliphatic carbocycles. The molecule has 0 saturated carbocycles. The van der Waals surface area contributed by atoms with Crippen LogP contribution >= 0.6 is 11.3 Å². The fourth-order valence-electron chi connectivity index (χ4n) is 3.15. The van der Waals surface area contributed by atoms with Crippen LogP contribution in [0.15, 0.2) is 60.0 Å². The number of rotatable bonds is 7. The van der Waals surface area contributed by atoms with E-state index >= 15 is 0 Å². The Bertz CT molecular complexity index is 1310. The van der Waals surface area contributed by atoms with E-state index in [-0.39, 0.29) is 11.7 Å². The first kappa shape index (κ1) is 22.2. The van der Waals surface area contributed by atoms with Crippen molar-refractivity contribution < 1.29 is 18.7 Å². The summed E-state index contributed by atoms with van der Waals surface area (Å²) in [4.78, 5) is 17.2. The maximum absolute atomic E-state index is 13.2. The zero-order chi connectivity index (χ0) is 23.4. The molecule has 1 N–H and O–H groups in total. The Kier molecular flexibility index (Phi) is 6.50. The van der Waals surface area contributed by atoms with Gasteiger partial charge in [-0.1, -0.05) is 6.07 Å². The van der Waals surface area contributed by atoms with E-state index < -0.39 is 0 Å². The number of methoxy groups -OCH3 is 2. The van der Waals surface area contributed by atoms with Gasteiger partial charge < -0.3 is 14.8 Å². The summed E-state index contributed by atoms with van der Waals surface area (Å²) in [6.07, 6.45) is 3.11. The van der Waals surface area contributed by atoms with Gasteiger partial charge in [0.25, 0.3) is 0 Å². The Hall–Kier alpha value is -3.98. The maximum atomic E-state index is 13.2. The number of aryl methyl sites for hydroxylation is 1. The summed E-state index contributed by atoms with van der Waals surface area (Å²) in [6, 6.07) is 13.3. The van der Waals surface area contributed by atoms with Crippen LogP contribution in [0.5, 0.6) is 11.5 Å². The first-order valence-electron chi connectivity index (χ1n) is 9.96. The average Bonchev–Trinajstić information content (AvgIpc) is 3.44. The van der Waals surface area contributed by atoms with Gasteiger partial charge in [-0.25, -0.2) is 9.37 Å². The normalized spacial score (nSPS) is 11.0. The van der Waals surface area contributed by atoms with Crippen molar-refractivity contribution in [2.45, 2.75) is 6.92 Å². The number of benzene rings is 2. The van der Waals surface area contributed by atoms with Gasteiger partial charge in [0.2, 0.25) is 11.0 Å². The average molecular weight is 465 g/mol. The molecule has 4 rings (SSSR count). The molecule has 0 fully saturated rings. The molecule has 4 aromatic rings. The zero-order valence-corrected chi connectivity index (χ0v) is 19.0. The number of nitrogens with zero attached hydrogens (tertiary/aromatic N) is 3. The molecule has 0 aliphatic rings. The zero-order valence-electron chi connectivity index (χ0n) is 18.2. The number of thiazole rings is 1. The minimum absolute atomic E-state index is 0.303. The van der Waals surface area contributed by atoms with Crippen molar-refractivity contribution in [1.29, 1.82) is 0 Å². The molecule has 0 spiro atoms. The van der Waals surface area contributed by atoms with Crippen LogP contribution in [0.4, 0.5) is 10.2 Å². The van der Waals surface area contributed by atoms with Gasteiger partial charge in [-0.15, -0.1) is 11.3 Å². The number of halogens is 1. The summed E-state index contributed by atoms with van der Waals surface area (Å²) in [6.45, 7) is 1.83. The quantitative estimate of drug-likeness (QED) is 0.385. The SMILES string of the molecule is COc1ccc(/C=C/C(=O)Nc2cc(C)nn2-c2nc(-c3ccc(F)cc3)cs2)cc1OC. The van der Waals surface area contributed by atoms with Gasteiger partial charge in [0, 0.05) is 23.1 Å². The van der Waals surface area contributed by atoms with Crippen LogP contribution in [0.1, 0.15) is 11.3 Å². The number of amides is 1. The van der Waals surface area contributed by atoms with Crippen molar-refractivity contribution in [3.05, 3.63) is 77.1 Å². The number of nitrogens with one attached hydrogen (secondary N) is 1. The van der Waals surface area contributed by atoms with Gasteiger partial charge in [0.05, 0.1) is 25.6 Å². The lowest BCUT2D eigenvalue weighted by Gasteiger charge is -2.07. The van der Waals surface area contributed by atoms with E-state index in [1.165, 1.54) is 29.5 Å². The fourth-order valence-corrected chi connectivity index (χ4v) is 3.94. The highest BCUT2D eigenvalue weighted by Crippen LogP contribution is 2.28. The topological polar surface area (TPSA) is 78.3 Å². The number of hydrogen-bond donors (Lipinski definition) is 1. The van der Waals surface area contributed by atoms with Gasteiger partial charge in [0.15, 0.2) is 11.5 Å². The van der Waals surface area contributed by atoms with E-state index in [1.807, 2.05) is 18.4 Å². The smallest absolute Gasteiger partial charge is 0.249 e. The molecule has 0 unspecified atom stereocenters. The number of anilines is 1. The highest BCUT2D eigenvalue weighted by Gasteiger charge is 2.14. The molecule has 33 heavy (non-hydrogen) atoms. The molecule has 2 aromatic heterocycles. The molecule has 2 aromatic carbocycles. The van der Waals surface area contributed by atoms with Crippen LogP contribution in [0, 0.1) is 12.7 Å². The van der Waals surface area contributed by atoms with E-state index in [9.17, 15) is 9.18 Å². The number of carbonyl (C=O) groups is 1. The monoisotopic (exact) mass is 464 g/mol. The van der Waals surface area contributed by atoms with E-state index in [1.54, 1.807) is 55.3 Å². The van der Waals surface area contributed by atoms with E-state index in [0.717, 1.165) is 16.8 Å². The minimum Gasteiger partial charge on any atom is -0.493 e. The molecule has 0 bridgehead atoms. The number of ether oxygens (including phenoxy) is 2. The highest BCUT2D eigenvalue weighted by molar-refractivity contribution is 7.12. The van der Waals surface area contributed by atoms with Crippen LogP contribution in [-0.4, -0.2) is 34.9 Å². The summed E-state index contributed by atoms with van der Waals surface area (Å²) in [5, 5.41) is 9.74.